The van der Waals surface area contributed by atoms with Crippen LogP contribution in [0.4, 0.5) is 0 Å². The Bertz CT molecular complexity index is 369. The summed E-state index contributed by atoms with van der Waals surface area (Å²) in [4.78, 5) is 1.12. The lowest BCUT2D eigenvalue weighted by Gasteiger charge is -2.12. The summed E-state index contributed by atoms with van der Waals surface area (Å²) in [7, 11) is -2.92. The minimum atomic E-state index is -2.92. The third-order valence-electron chi connectivity index (χ3n) is 2.12. The molecule has 0 atom stereocenters. The largest absolute Gasteiger partial charge is 0.214 e. The number of hydrogen-bond acceptors (Lipinski definition) is 3. The molecule has 0 radical (unpaired) electrons. The molecule has 0 spiro atoms. The maximum absolute atomic E-state index is 11.4. The van der Waals surface area contributed by atoms with Crippen LogP contribution >= 0.6 is 11.3 Å². The Morgan fingerprint density at radius 3 is 2.92 bits per heavy atom. The molecule has 2 rings (SSSR count). The standard InChI is InChI=1S/C8H11NO2S2/c10-13(11)6-2-4-9(13)7-8-3-1-5-12-8/h1,3,5H,2,4,6-7H2. The summed E-state index contributed by atoms with van der Waals surface area (Å²) in [5.74, 6) is 0.318. The van der Waals surface area contributed by atoms with Gasteiger partial charge < -0.3 is 0 Å². The van der Waals surface area contributed by atoms with E-state index in [1.807, 2.05) is 17.5 Å². The van der Waals surface area contributed by atoms with E-state index in [9.17, 15) is 8.42 Å². The number of hydrogen-bond donors (Lipinski definition) is 0. The molecular weight excluding hydrogens is 206 g/mol. The highest BCUT2D eigenvalue weighted by Crippen LogP contribution is 2.19. The molecule has 1 aliphatic heterocycles. The lowest BCUT2D eigenvalue weighted by molar-refractivity contribution is 0.443. The van der Waals surface area contributed by atoms with E-state index in [4.69, 9.17) is 0 Å². The Morgan fingerprint density at radius 1 is 1.54 bits per heavy atom. The molecule has 2 heterocycles. The van der Waals surface area contributed by atoms with Crippen LogP contribution < -0.4 is 0 Å². The summed E-state index contributed by atoms with van der Waals surface area (Å²) in [6, 6.07) is 3.92. The third kappa shape index (κ3) is 1.92. The fourth-order valence-corrected chi connectivity index (χ4v) is 3.74. The van der Waals surface area contributed by atoms with Crippen molar-refractivity contribution >= 4 is 21.4 Å². The van der Waals surface area contributed by atoms with Crippen molar-refractivity contribution in [2.45, 2.75) is 13.0 Å². The lowest BCUT2D eigenvalue weighted by Crippen LogP contribution is -2.24. The third-order valence-corrected chi connectivity index (χ3v) is 4.88. The predicted molar refractivity (Wildman–Crippen MR) is 53.1 cm³/mol. The highest BCUT2D eigenvalue weighted by atomic mass is 32.2. The van der Waals surface area contributed by atoms with Crippen LogP contribution in [-0.2, 0) is 16.6 Å². The summed E-state index contributed by atoms with van der Waals surface area (Å²) in [5.41, 5.74) is 0. The van der Waals surface area contributed by atoms with Gasteiger partial charge in [0.25, 0.3) is 0 Å². The second-order valence-corrected chi connectivity index (χ2v) is 6.20. The van der Waals surface area contributed by atoms with Crippen molar-refractivity contribution in [3.05, 3.63) is 22.4 Å². The Labute approximate surface area is 82.0 Å². The van der Waals surface area contributed by atoms with Gasteiger partial charge in [0, 0.05) is 18.0 Å². The van der Waals surface area contributed by atoms with Gasteiger partial charge in [-0.25, -0.2) is 8.42 Å². The number of rotatable bonds is 2. The van der Waals surface area contributed by atoms with Crippen LogP contribution in [0.5, 0.6) is 0 Å². The van der Waals surface area contributed by atoms with Gasteiger partial charge in [-0.1, -0.05) is 6.07 Å². The molecule has 0 aliphatic carbocycles. The number of thiophene rings is 1. The van der Waals surface area contributed by atoms with Gasteiger partial charge in [0.05, 0.1) is 5.75 Å². The molecule has 1 fully saturated rings. The van der Waals surface area contributed by atoms with Crippen molar-refractivity contribution in [2.24, 2.45) is 0 Å². The molecular formula is C8H11NO2S2. The van der Waals surface area contributed by atoms with Gasteiger partial charge in [0.15, 0.2) is 0 Å². The average Bonchev–Trinajstić information content (AvgIpc) is 2.63. The molecule has 0 N–H and O–H groups in total. The first-order valence-electron chi connectivity index (χ1n) is 4.19. The fourth-order valence-electron chi connectivity index (χ4n) is 1.45. The van der Waals surface area contributed by atoms with Crippen LogP contribution in [0.15, 0.2) is 17.5 Å². The minimum absolute atomic E-state index is 0.318. The molecule has 1 aromatic rings. The maximum atomic E-state index is 11.4. The van der Waals surface area contributed by atoms with E-state index in [1.54, 1.807) is 15.6 Å². The second kappa shape index (κ2) is 3.40. The quantitative estimate of drug-likeness (QED) is 0.748. The molecule has 3 nitrogen and oxygen atoms in total. The van der Waals surface area contributed by atoms with Crippen LogP contribution in [0.25, 0.3) is 0 Å². The van der Waals surface area contributed by atoms with Gasteiger partial charge in [-0.05, 0) is 17.9 Å². The van der Waals surface area contributed by atoms with E-state index in [0.717, 1.165) is 11.3 Å². The van der Waals surface area contributed by atoms with Gasteiger partial charge in [-0.3, -0.25) is 0 Å². The smallest absolute Gasteiger partial charge is 0.212 e. The second-order valence-electron chi connectivity index (χ2n) is 3.08. The fraction of sp³-hybridized carbons (Fsp3) is 0.500. The molecule has 5 heteroatoms. The Kier molecular flexibility index (Phi) is 2.40. The maximum Gasteiger partial charge on any atom is 0.214 e. The van der Waals surface area contributed by atoms with Crippen molar-refractivity contribution < 1.29 is 8.42 Å². The van der Waals surface area contributed by atoms with Gasteiger partial charge in [-0.15, -0.1) is 11.3 Å². The normalized spacial score (nSPS) is 22.2. The summed E-state index contributed by atoms with van der Waals surface area (Å²) in [6.45, 7) is 1.24. The lowest BCUT2D eigenvalue weighted by atomic mass is 10.4. The molecule has 0 amide bonds. The van der Waals surface area contributed by atoms with Crippen molar-refractivity contribution in [3.8, 4) is 0 Å². The molecule has 13 heavy (non-hydrogen) atoms. The van der Waals surface area contributed by atoms with Crippen molar-refractivity contribution in [1.29, 1.82) is 0 Å². The van der Waals surface area contributed by atoms with E-state index in [1.165, 1.54) is 0 Å². The summed E-state index contributed by atoms with van der Waals surface area (Å²) in [6.07, 6.45) is 0.772. The van der Waals surface area contributed by atoms with E-state index >= 15 is 0 Å². The van der Waals surface area contributed by atoms with Crippen molar-refractivity contribution in [2.75, 3.05) is 12.3 Å². The van der Waals surface area contributed by atoms with Crippen LogP contribution in [-0.4, -0.2) is 25.0 Å². The predicted octanol–water partition coefficient (Wildman–Crippen LogP) is 1.28. The molecule has 0 bridgehead atoms. The van der Waals surface area contributed by atoms with E-state index in [0.29, 0.717) is 18.8 Å². The zero-order valence-electron chi connectivity index (χ0n) is 7.14. The van der Waals surface area contributed by atoms with E-state index < -0.39 is 10.0 Å². The highest BCUT2D eigenvalue weighted by molar-refractivity contribution is 7.89. The van der Waals surface area contributed by atoms with Crippen LogP contribution in [0.1, 0.15) is 11.3 Å². The summed E-state index contributed by atoms with van der Waals surface area (Å²) < 4.78 is 24.4. The van der Waals surface area contributed by atoms with Crippen LogP contribution in [0, 0.1) is 0 Å². The first-order valence-corrected chi connectivity index (χ1v) is 6.67. The SMILES string of the molecule is O=S1(=O)CCCN1Cc1cccs1. The molecule has 1 saturated heterocycles. The average molecular weight is 217 g/mol. The van der Waals surface area contributed by atoms with Gasteiger partial charge in [0.1, 0.15) is 0 Å². The van der Waals surface area contributed by atoms with Crippen molar-refractivity contribution in [1.82, 2.24) is 4.31 Å². The van der Waals surface area contributed by atoms with Crippen molar-refractivity contribution in [3.63, 3.8) is 0 Å². The van der Waals surface area contributed by atoms with E-state index in [-0.39, 0.29) is 0 Å². The Hall–Kier alpha value is -0.390. The number of nitrogens with zero attached hydrogens (tertiary/aromatic N) is 1. The van der Waals surface area contributed by atoms with Gasteiger partial charge >= 0.3 is 0 Å². The molecule has 1 aliphatic rings. The van der Waals surface area contributed by atoms with Crippen LogP contribution in [0.2, 0.25) is 0 Å². The molecule has 0 saturated carbocycles. The highest BCUT2D eigenvalue weighted by Gasteiger charge is 2.27. The first-order chi connectivity index (χ1) is 6.18. The van der Waals surface area contributed by atoms with E-state index in [2.05, 4.69) is 0 Å². The van der Waals surface area contributed by atoms with Gasteiger partial charge in [-0.2, -0.15) is 4.31 Å². The Morgan fingerprint density at radius 2 is 2.38 bits per heavy atom. The molecule has 1 aromatic heterocycles. The number of sulfonamides is 1. The van der Waals surface area contributed by atoms with Crippen LogP contribution in [0.3, 0.4) is 0 Å². The zero-order valence-corrected chi connectivity index (χ0v) is 8.77. The first kappa shape index (κ1) is 9.18. The summed E-state index contributed by atoms with van der Waals surface area (Å²) >= 11 is 1.60. The monoisotopic (exact) mass is 217 g/mol. The van der Waals surface area contributed by atoms with Gasteiger partial charge in [0.2, 0.25) is 10.0 Å². The molecule has 72 valence electrons. The minimum Gasteiger partial charge on any atom is -0.212 e. The zero-order chi connectivity index (χ0) is 9.31. The summed E-state index contributed by atoms with van der Waals surface area (Å²) in [5, 5.41) is 1.97. The molecule has 0 aromatic carbocycles. The molecule has 0 unspecified atom stereocenters. The Balaban J connectivity index is 2.11. The topological polar surface area (TPSA) is 37.4 Å².